The molecule has 4 heterocycles. The third-order valence-electron chi connectivity index (χ3n) is 9.71. The van der Waals surface area contributed by atoms with Crippen LogP contribution in [0.3, 0.4) is 0 Å². The van der Waals surface area contributed by atoms with Gasteiger partial charge in [-0.25, -0.2) is 14.8 Å². The molecule has 0 atom stereocenters. The highest BCUT2D eigenvalue weighted by Crippen LogP contribution is 2.35. The van der Waals surface area contributed by atoms with E-state index < -0.39 is 11.6 Å². The van der Waals surface area contributed by atoms with E-state index in [1.54, 1.807) is 6.20 Å². The SMILES string of the molecule is COC(=O)Cc1ccc(CCCOc2cccc(-c3ccc(N4CCc5cccc(C(=O)Nc6nc7ccccc7s6)c5C4)nc3C(=O)OC(C)(C)C)c2C)cn1. The molecule has 0 fully saturated rings. The van der Waals surface area contributed by atoms with Crippen molar-refractivity contribution in [2.75, 3.05) is 30.5 Å². The lowest BCUT2D eigenvalue weighted by molar-refractivity contribution is -0.139. The Morgan fingerprint density at radius 3 is 2.51 bits per heavy atom. The average Bonchev–Trinajstić information content (AvgIpc) is 3.61. The summed E-state index contributed by atoms with van der Waals surface area (Å²) in [6.07, 6.45) is 4.14. The van der Waals surface area contributed by atoms with E-state index in [9.17, 15) is 14.4 Å². The summed E-state index contributed by atoms with van der Waals surface area (Å²) in [6.45, 7) is 9.06. The molecular formula is C45H45N5O6S. The number of para-hydroxylation sites is 1. The van der Waals surface area contributed by atoms with Gasteiger partial charge in [-0.3, -0.25) is 19.9 Å². The molecule has 1 aliphatic heterocycles. The maximum absolute atomic E-state index is 13.9. The predicted octanol–water partition coefficient (Wildman–Crippen LogP) is 8.56. The Morgan fingerprint density at radius 2 is 1.74 bits per heavy atom. The number of aryl methyl sites for hydroxylation is 1. The van der Waals surface area contributed by atoms with Crippen molar-refractivity contribution >= 4 is 50.3 Å². The van der Waals surface area contributed by atoms with Gasteiger partial charge in [0.2, 0.25) is 0 Å². The summed E-state index contributed by atoms with van der Waals surface area (Å²) in [5.74, 6) is 0.265. The number of anilines is 2. The number of esters is 2. The Balaban J connectivity index is 1.09. The number of nitrogens with zero attached hydrogens (tertiary/aromatic N) is 4. The predicted molar refractivity (Wildman–Crippen MR) is 222 cm³/mol. The lowest BCUT2D eigenvalue weighted by Crippen LogP contribution is -2.33. The fourth-order valence-electron chi connectivity index (χ4n) is 6.85. The third kappa shape index (κ3) is 9.29. The van der Waals surface area contributed by atoms with Crippen molar-refractivity contribution in [2.45, 2.75) is 65.5 Å². The monoisotopic (exact) mass is 783 g/mol. The lowest BCUT2D eigenvalue weighted by Gasteiger charge is -2.31. The van der Waals surface area contributed by atoms with E-state index in [1.165, 1.54) is 18.4 Å². The number of hydrogen-bond acceptors (Lipinski definition) is 11. The molecule has 1 amide bonds. The van der Waals surface area contributed by atoms with Crippen LogP contribution >= 0.6 is 11.3 Å². The van der Waals surface area contributed by atoms with Crippen LogP contribution in [0.5, 0.6) is 5.75 Å². The molecular weight excluding hydrogens is 739 g/mol. The van der Waals surface area contributed by atoms with E-state index in [1.807, 2.05) is 107 Å². The average molecular weight is 784 g/mol. The summed E-state index contributed by atoms with van der Waals surface area (Å²) >= 11 is 1.44. The summed E-state index contributed by atoms with van der Waals surface area (Å²) in [5, 5.41) is 3.56. The van der Waals surface area contributed by atoms with Gasteiger partial charge in [-0.2, -0.15) is 0 Å². The maximum atomic E-state index is 13.9. The Morgan fingerprint density at radius 1 is 0.912 bits per heavy atom. The fourth-order valence-corrected chi connectivity index (χ4v) is 7.71. The molecule has 0 spiro atoms. The van der Waals surface area contributed by atoms with Crippen molar-refractivity contribution in [3.8, 4) is 16.9 Å². The fraction of sp³-hybridized carbons (Fsp3) is 0.289. The zero-order chi connectivity index (χ0) is 40.1. The van der Waals surface area contributed by atoms with E-state index in [-0.39, 0.29) is 24.0 Å². The van der Waals surface area contributed by atoms with E-state index in [0.29, 0.717) is 59.6 Å². The van der Waals surface area contributed by atoms with Gasteiger partial charge >= 0.3 is 11.9 Å². The van der Waals surface area contributed by atoms with Crippen LogP contribution in [0.15, 0.2) is 91.1 Å². The normalized spacial score (nSPS) is 12.5. The molecule has 11 nitrogen and oxygen atoms in total. The van der Waals surface area contributed by atoms with Crippen LogP contribution in [0, 0.1) is 6.92 Å². The van der Waals surface area contributed by atoms with Crippen LogP contribution in [0.25, 0.3) is 21.3 Å². The zero-order valence-corrected chi connectivity index (χ0v) is 33.6. The van der Waals surface area contributed by atoms with Crippen LogP contribution in [0.1, 0.15) is 76.0 Å². The molecule has 0 bridgehead atoms. The number of amides is 1. The topological polar surface area (TPSA) is 133 Å². The molecule has 3 aromatic heterocycles. The maximum Gasteiger partial charge on any atom is 0.358 e. The molecule has 0 aliphatic carbocycles. The molecule has 0 saturated heterocycles. The van der Waals surface area contributed by atoms with Gasteiger partial charge in [-0.1, -0.05) is 53.8 Å². The van der Waals surface area contributed by atoms with Crippen molar-refractivity contribution < 1.29 is 28.6 Å². The Bertz CT molecular complexity index is 2410. The number of fused-ring (bicyclic) bond motifs is 2. The highest BCUT2D eigenvalue weighted by molar-refractivity contribution is 7.22. The minimum Gasteiger partial charge on any atom is -0.493 e. The Labute approximate surface area is 336 Å². The summed E-state index contributed by atoms with van der Waals surface area (Å²) < 4.78 is 17.9. The second-order valence-corrected chi connectivity index (χ2v) is 15.9. The largest absolute Gasteiger partial charge is 0.493 e. The second-order valence-electron chi connectivity index (χ2n) is 14.9. The van der Waals surface area contributed by atoms with Crippen molar-refractivity contribution in [2.24, 2.45) is 0 Å². The summed E-state index contributed by atoms with van der Waals surface area (Å²) in [5.41, 5.74) is 6.96. The second kappa shape index (κ2) is 16.9. The first kappa shape index (κ1) is 39.1. The number of thiazole rings is 1. The quantitative estimate of drug-likeness (QED) is 0.0951. The highest BCUT2D eigenvalue weighted by Gasteiger charge is 2.28. The molecule has 3 aromatic carbocycles. The summed E-state index contributed by atoms with van der Waals surface area (Å²) in [7, 11) is 1.36. The van der Waals surface area contributed by atoms with Gasteiger partial charge in [0.05, 0.1) is 36.0 Å². The molecule has 1 N–H and O–H groups in total. The van der Waals surface area contributed by atoms with E-state index in [4.69, 9.17) is 19.2 Å². The molecule has 1 aliphatic rings. The number of hydrogen-bond donors (Lipinski definition) is 1. The zero-order valence-electron chi connectivity index (χ0n) is 32.8. The number of carbonyl (C=O) groups excluding carboxylic acids is 3. The first-order valence-corrected chi connectivity index (χ1v) is 19.8. The van der Waals surface area contributed by atoms with Crippen LogP contribution in [-0.2, 0) is 40.1 Å². The minimum atomic E-state index is -0.737. The van der Waals surface area contributed by atoms with Crippen molar-refractivity contribution in [1.29, 1.82) is 0 Å². The summed E-state index contributed by atoms with van der Waals surface area (Å²) in [6, 6.07) is 27.1. The smallest absolute Gasteiger partial charge is 0.358 e. The highest BCUT2D eigenvalue weighted by atomic mass is 32.1. The van der Waals surface area contributed by atoms with Crippen LogP contribution in [0.4, 0.5) is 10.9 Å². The van der Waals surface area contributed by atoms with Crippen molar-refractivity contribution in [3.63, 3.8) is 0 Å². The third-order valence-corrected chi connectivity index (χ3v) is 10.7. The molecule has 0 unspecified atom stereocenters. The number of nitrogens with one attached hydrogen (secondary N) is 1. The number of ether oxygens (including phenoxy) is 3. The molecule has 57 heavy (non-hydrogen) atoms. The van der Waals surface area contributed by atoms with Crippen molar-refractivity contribution in [1.82, 2.24) is 15.0 Å². The number of carbonyl (C=O) groups is 3. The number of benzene rings is 3. The Kier molecular flexibility index (Phi) is 11.6. The molecule has 0 radical (unpaired) electrons. The van der Waals surface area contributed by atoms with E-state index in [0.717, 1.165) is 50.9 Å². The number of methoxy groups -OCH3 is 1. The standard InChI is InChI=1S/C45H45N5O6S/c1-28-32(13-9-16-37(28)55-24-10-11-29-18-19-31(46-26-29)25-40(51)54-5)33-20-21-39(48-41(33)43(53)56-45(2,3)4)50-23-22-30-12-8-14-34(35(30)27-50)42(52)49-44-47-36-15-6-7-17-38(36)57-44/h6-9,12-21,26H,10-11,22-25,27H2,1-5H3,(H,47,49,52). The van der Waals surface area contributed by atoms with E-state index >= 15 is 0 Å². The molecule has 12 heteroatoms. The van der Waals surface area contributed by atoms with Crippen LogP contribution in [0.2, 0.25) is 0 Å². The van der Waals surface area contributed by atoms with Gasteiger partial charge in [0.25, 0.3) is 5.91 Å². The lowest BCUT2D eigenvalue weighted by atomic mass is 9.94. The van der Waals surface area contributed by atoms with Gasteiger partial charge < -0.3 is 19.1 Å². The van der Waals surface area contributed by atoms with Gasteiger partial charge in [-0.05, 0) is 117 Å². The van der Waals surface area contributed by atoms with Crippen LogP contribution < -0.4 is 15.0 Å². The number of pyridine rings is 2. The Hall–Kier alpha value is -6.14. The number of rotatable bonds is 12. The number of aromatic nitrogens is 3. The van der Waals surface area contributed by atoms with Crippen LogP contribution in [-0.4, -0.2) is 58.7 Å². The summed E-state index contributed by atoms with van der Waals surface area (Å²) in [4.78, 5) is 55.1. The first-order valence-electron chi connectivity index (χ1n) is 19.0. The van der Waals surface area contributed by atoms with Gasteiger partial charge in [0, 0.05) is 30.4 Å². The minimum absolute atomic E-state index is 0.143. The van der Waals surface area contributed by atoms with Crippen molar-refractivity contribution in [3.05, 3.63) is 130 Å². The first-order chi connectivity index (χ1) is 27.5. The van der Waals surface area contributed by atoms with Gasteiger partial charge in [0.15, 0.2) is 10.8 Å². The molecule has 6 aromatic rings. The van der Waals surface area contributed by atoms with Gasteiger partial charge in [-0.15, -0.1) is 0 Å². The molecule has 0 saturated carbocycles. The molecule has 292 valence electrons. The van der Waals surface area contributed by atoms with E-state index in [2.05, 4.69) is 26.3 Å². The molecule has 7 rings (SSSR count). The van der Waals surface area contributed by atoms with Gasteiger partial charge in [0.1, 0.15) is 17.2 Å².